The van der Waals surface area contributed by atoms with E-state index >= 15 is 0 Å². The molecule has 0 saturated carbocycles. The summed E-state index contributed by atoms with van der Waals surface area (Å²) in [7, 11) is 1.60. The van der Waals surface area contributed by atoms with Crippen molar-refractivity contribution in [2.45, 2.75) is 69.7 Å². The maximum Gasteiger partial charge on any atom is 0.416 e. The zero-order chi connectivity index (χ0) is 21.8. The third kappa shape index (κ3) is 4.04. The minimum absolute atomic E-state index is 0.445. The molecule has 0 bridgehead atoms. The molecular weight excluding hydrogens is 440 g/mol. The van der Waals surface area contributed by atoms with Gasteiger partial charge < -0.3 is 14.2 Å². The molecule has 0 spiro atoms. The molecule has 3 rings (SSSR count). The predicted molar refractivity (Wildman–Crippen MR) is 114 cm³/mol. The first-order chi connectivity index (χ1) is 13.3. The largest absolute Gasteiger partial charge is 0.497 e. The number of ether oxygens (including phenoxy) is 3. The molecule has 2 heterocycles. The van der Waals surface area contributed by atoms with Crippen LogP contribution in [0.1, 0.15) is 53.5 Å². The number of hydrogen-bond donors (Lipinski definition) is 0. The Hall–Kier alpha value is -1.96. The van der Waals surface area contributed by atoms with Crippen LogP contribution < -0.4 is 9.64 Å². The van der Waals surface area contributed by atoms with Gasteiger partial charge in [-0.25, -0.2) is 9.59 Å². The highest BCUT2D eigenvalue weighted by molar-refractivity contribution is 9.09. The molecule has 2 amide bonds. The van der Waals surface area contributed by atoms with Crippen LogP contribution in [0.4, 0.5) is 15.3 Å². The SMILES string of the molecule is COc1ccc2c(c1)[C@]1(Br)CCN(C(=O)OC(C)(C)C)[C@@H]1N2C(=O)OC(C)(C)C. The molecule has 1 aromatic carbocycles. The van der Waals surface area contributed by atoms with Crippen molar-refractivity contribution in [3.63, 3.8) is 0 Å². The van der Waals surface area contributed by atoms with Crippen molar-refractivity contribution < 1.29 is 23.8 Å². The summed E-state index contributed by atoms with van der Waals surface area (Å²) in [6, 6.07) is 5.53. The predicted octanol–water partition coefficient (Wildman–Crippen LogP) is 5.01. The highest BCUT2D eigenvalue weighted by Gasteiger charge is 2.60. The minimum Gasteiger partial charge on any atom is -0.497 e. The molecule has 160 valence electrons. The number of fused-ring (bicyclic) bond motifs is 3. The number of nitrogens with zero attached hydrogens (tertiary/aromatic N) is 2. The van der Waals surface area contributed by atoms with E-state index in [0.717, 1.165) is 5.56 Å². The molecule has 0 N–H and O–H groups in total. The van der Waals surface area contributed by atoms with E-state index in [4.69, 9.17) is 14.2 Å². The third-order valence-corrected chi connectivity index (χ3v) is 6.03. The lowest BCUT2D eigenvalue weighted by molar-refractivity contribution is 0.0197. The van der Waals surface area contributed by atoms with E-state index in [1.54, 1.807) is 23.0 Å². The lowest BCUT2D eigenvalue weighted by Crippen LogP contribution is -2.54. The van der Waals surface area contributed by atoms with Crippen LogP contribution in [0, 0.1) is 0 Å². The summed E-state index contributed by atoms with van der Waals surface area (Å²) >= 11 is 3.86. The third-order valence-electron chi connectivity index (χ3n) is 4.79. The van der Waals surface area contributed by atoms with Crippen LogP contribution >= 0.6 is 15.9 Å². The monoisotopic (exact) mass is 468 g/mol. The molecule has 8 heteroatoms. The summed E-state index contributed by atoms with van der Waals surface area (Å²) in [5, 5.41) is 0. The fourth-order valence-electron chi connectivity index (χ4n) is 3.74. The fourth-order valence-corrected chi connectivity index (χ4v) is 4.68. The van der Waals surface area contributed by atoms with Crippen molar-refractivity contribution in [1.82, 2.24) is 4.90 Å². The molecule has 0 unspecified atom stereocenters. The lowest BCUT2D eigenvalue weighted by Gasteiger charge is -2.36. The van der Waals surface area contributed by atoms with Gasteiger partial charge in [0.1, 0.15) is 23.1 Å². The summed E-state index contributed by atoms with van der Waals surface area (Å²) in [6.45, 7) is 11.4. The Bertz CT molecular complexity index is 829. The zero-order valence-corrected chi connectivity index (χ0v) is 19.6. The van der Waals surface area contributed by atoms with E-state index in [0.29, 0.717) is 24.4 Å². The average Bonchev–Trinajstić information content (AvgIpc) is 3.02. The van der Waals surface area contributed by atoms with Gasteiger partial charge in [-0.15, -0.1) is 0 Å². The number of methoxy groups -OCH3 is 1. The van der Waals surface area contributed by atoms with Gasteiger partial charge >= 0.3 is 12.2 Å². The molecule has 1 aromatic rings. The number of alkyl halides is 1. The molecular formula is C21H29BrN2O5. The van der Waals surface area contributed by atoms with Crippen LogP contribution in [-0.4, -0.2) is 48.1 Å². The van der Waals surface area contributed by atoms with Gasteiger partial charge in [-0.1, -0.05) is 15.9 Å². The van der Waals surface area contributed by atoms with Crippen molar-refractivity contribution in [3.05, 3.63) is 23.8 Å². The van der Waals surface area contributed by atoms with Crippen LogP contribution in [0.25, 0.3) is 0 Å². The van der Waals surface area contributed by atoms with Crippen molar-refractivity contribution in [2.75, 3.05) is 18.6 Å². The first kappa shape index (κ1) is 21.7. The Morgan fingerprint density at radius 2 is 1.66 bits per heavy atom. The maximum absolute atomic E-state index is 13.2. The van der Waals surface area contributed by atoms with E-state index < -0.39 is 33.9 Å². The number of carbonyl (C=O) groups excluding carboxylic acids is 2. The normalized spacial score (nSPS) is 23.5. The molecule has 29 heavy (non-hydrogen) atoms. The second kappa shape index (κ2) is 7.07. The number of likely N-dealkylation sites (tertiary alicyclic amines) is 1. The van der Waals surface area contributed by atoms with Crippen molar-refractivity contribution in [3.8, 4) is 5.75 Å². The number of rotatable bonds is 1. The van der Waals surface area contributed by atoms with Gasteiger partial charge in [0.2, 0.25) is 0 Å². The standard InChI is InChI=1S/C21H29BrN2O5/c1-19(2,3)28-17(25)23-11-10-21(22)14-12-13(27-7)8-9-15(14)24(16(21)23)18(26)29-20(4,5)6/h8-9,12,16H,10-11H2,1-7H3/t16-,21-/m1/s1. The topological polar surface area (TPSA) is 68.3 Å². The highest BCUT2D eigenvalue weighted by atomic mass is 79.9. The van der Waals surface area contributed by atoms with Crippen LogP contribution in [0.15, 0.2) is 18.2 Å². The van der Waals surface area contributed by atoms with Gasteiger partial charge in [-0.3, -0.25) is 9.80 Å². The number of halogens is 1. The Kier molecular flexibility index (Phi) is 5.30. The fraction of sp³-hybridized carbons (Fsp3) is 0.619. The van der Waals surface area contributed by atoms with Crippen LogP contribution in [0.3, 0.4) is 0 Å². The smallest absolute Gasteiger partial charge is 0.416 e. The number of carbonyl (C=O) groups is 2. The second-order valence-corrected chi connectivity index (χ2v) is 10.8. The van der Waals surface area contributed by atoms with E-state index in [-0.39, 0.29) is 0 Å². The molecule has 0 aromatic heterocycles. The summed E-state index contributed by atoms with van der Waals surface area (Å²) in [5.74, 6) is 0.683. The molecule has 1 fully saturated rings. The van der Waals surface area contributed by atoms with E-state index in [1.165, 1.54) is 0 Å². The van der Waals surface area contributed by atoms with E-state index in [9.17, 15) is 9.59 Å². The lowest BCUT2D eigenvalue weighted by atomic mass is 9.98. The number of anilines is 1. The molecule has 1 saturated heterocycles. The summed E-state index contributed by atoms with van der Waals surface area (Å²) in [6.07, 6.45) is -0.951. The second-order valence-electron chi connectivity index (χ2n) is 9.39. The first-order valence-corrected chi connectivity index (χ1v) is 10.5. The van der Waals surface area contributed by atoms with E-state index in [1.807, 2.05) is 53.7 Å². The van der Waals surface area contributed by atoms with Crippen molar-refractivity contribution in [1.29, 1.82) is 0 Å². The quantitative estimate of drug-likeness (QED) is 0.541. The Morgan fingerprint density at radius 3 is 2.21 bits per heavy atom. The summed E-state index contributed by atoms with van der Waals surface area (Å²) in [4.78, 5) is 29.3. The van der Waals surface area contributed by atoms with Crippen molar-refractivity contribution >= 4 is 33.8 Å². The molecule has 2 atom stereocenters. The zero-order valence-electron chi connectivity index (χ0n) is 18.0. The van der Waals surface area contributed by atoms with Crippen LogP contribution in [0.5, 0.6) is 5.75 Å². The Balaban J connectivity index is 2.07. The van der Waals surface area contributed by atoms with Gasteiger partial charge in [-0.2, -0.15) is 0 Å². The molecule has 0 radical (unpaired) electrons. The van der Waals surface area contributed by atoms with E-state index in [2.05, 4.69) is 15.9 Å². The summed E-state index contributed by atoms with van der Waals surface area (Å²) < 4.78 is 16.0. The van der Waals surface area contributed by atoms with Gasteiger partial charge in [0, 0.05) is 12.1 Å². The Morgan fingerprint density at radius 1 is 1.07 bits per heavy atom. The van der Waals surface area contributed by atoms with Gasteiger partial charge in [0.15, 0.2) is 0 Å². The number of amides is 2. The van der Waals surface area contributed by atoms with Gasteiger partial charge in [-0.05, 0) is 66.2 Å². The highest BCUT2D eigenvalue weighted by Crippen LogP contribution is 2.57. The molecule has 2 aliphatic rings. The van der Waals surface area contributed by atoms with Gasteiger partial charge in [0.25, 0.3) is 0 Å². The first-order valence-electron chi connectivity index (χ1n) is 9.66. The van der Waals surface area contributed by atoms with Crippen LogP contribution in [0.2, 0.25) is 0 Å². The summed E-state index contributed by atoms with van der Waals surface area (Å²) in [5.41, 5.74) is 0.269. The van der Waals surface area contributed by atoms with Crippen molar-refractivity contribution in [2.24, 2.45) is 0 Å². The number of benzene rings is 1. The molecule has 2 aliphatic heterocycles. The molecule has 0 aliphatic carbocycles. The Labute approximate surface area is 180 Å². The molecule has 7 nitrogen and oxygen atoms in total. The maximum atomic E-state index is 13.2. The minimum atomic E-state index is -0.670. The van der Waals surface area contributed by atoms with Crippen LogP contribution in [-0.2, 0) is 13.8 Å². The number of hydrogen-bond acceptors (Lipinski definition) is 5. The average molecular weight is 469 g/mol. The van der Waals surface area contributed by atoms with Gasteiger partial charge in [0.05, 0.1) is 17.1 Å².